The second-order valence-corrected chi connectivity index (χ2v) is 7.63. The van der Waals surface area contributed by atoms with Crippen molar-refractivity contribution < 1.29 is 9.59 Å². The number of rotatable bonds is 2. The van der Waals surface area contributed by atoms with E-state index in [9.17, 15) is 14.9 Å². The van der Waals surface area contributed by atoms with Gasteiger partial charge in [0.25, 0.3) is 5.91 Å². The minimum absolute atomic E-state index is 0.0225. The largest absolute Gasteiger partial charge is 0.337 e. The van der Waals surface area contributed by atoms with Gasteiger partial charge in [-0.25, -0.2) is 0 Å². The van der Waals surface area contributed by atoms with Crippen LogP contribution in [-0.2, 0) is 17.8 Å². The van der Waals surface area contributed by atoms with Crippen molar-refractivity contribution in [2.24, 2.45) is 0 Å². The van der Waals surface area contributed by atoms with Gasteiger partial charge in [-0.15, -0.1) is 11.3 Å². The number of carbonyl (C=O) groups excluding carboxylic acids is 2. The molecule has 2 aromatic carbocycles. The van der Waals surface area contributed by atoms with Gasteiger partial charge < -0.3 is 10.2 Å². The number of nitrogens with zero attached hydrogens (tertiary/aromatic N) is 2. The molecule has 0 fully saturated rings. The molecule has 0 bridgehead atoms. The molecule has 134 valence electrons. The fourth-order valence-corrected chi connectivity index (χ4v) is 4.59. The zero-order valence-corrected chi connectivity index (χ0v) is 15.6. The lowest BCUT2D eigenvalue weighted by molar-refractivity contribution is -0.129. The van der Waals surface area contributed by atoms with Crippen LogP contribution in [0.4, 0.5) is 5.00 Å². The molecular weight excluding hydrogens is 358 g/mol. The highest BCUT2D eigenvalue weighted by molar-refractivity contribution is 7.16. The van der Waals surface area contributed by atoms with Gasteiger partial charge in [0, 0.05) is 23.9 Å². The van der Waals surface area contributed by atoms with E-state index in [-0.39, 0.29) is 11.8 Å². The molecule has 0 aliphatic carbocycles. The van der Waals surface area contributed by atoms with Crippen molar-refractivity contribution in [1.82, 2.24) is 4.90 Å². The van der Waals surface area contributed by atoms with Crippen molar-refractivity contribution >= 4 is 38.9 Å². The number of hydrogen-bond donors (Lipinski definition) is 1. The molecule has 1 aliphatic rings. The Morgan fingerprint density at radius 3 is 2.70 bits per heavy atom. The molecule has 0 unspecified atom stereocenters. The SMILES string of the molecule is CC(=O)N1CCc2c(sc(NC(=O)c3ccc4ccccc4c3)c2C#N)C1. The molecule has 6 heteroatoms. The van der Waals surface area contributed by atoms with Crippen molar-refractivity contribution in [2.75, 3.05) is 11.9 Å². The highest BCUT2D eigenvalue weighted by Gasteiger charge is 2.26. The average Bonchev–Trinajstić information content (AvgIpc) is 3.03. The molecule has 2 amide bonds. The Hall–Kier alpha value is -3.17. The van der Waals surface area contributed by atoms with Gasteiger partial charge in [-0.3, -0.25) is 9.59 Å². The third kappa shape index (κ3) is 3.18. The molecule has 1 aliphatic heterocycles. The fourth-order valence-electron chi connectivity index (χ4n) is 3.38. The molecule has 5 nitrogen and oxygen atoms in total. The van der Waals surface area contributed by atoms with Gasteiger partial charge in [-0.05, 0) is 34.9 Å². The number of nitrogens with one attached hydrogen (secondary N) is 1. The van der Waals surface area contributed by atoms with Crippen LogP contribution < -0.4 is 5.32 Å². The lowest BCUT2D eigenvalue weighted by Gasteiger charge is -2.25. The standard InChI is InChI=1S/C21H17N3O2S/c1-13(25)24-9-8-17-18(11-22)21(27-19(17)12-24)23-20(26)16-7-6-14-4-2-3-5-15(14)10-16/h2-7,10H,8-9,12H2,1H3,(H,23,26). The Bertz CT molecular complexity index is 1110. The summed E-state index contributed by atoms with van der Waals surface area (Å²) < 4.78 is 0. The maximum atomic E-state index is 12.7. The van der Waals surface area contributed by atoms with Gasteiger partial charge >= 0.3 is 0 Å². The van der Waals surface area contributed by atoms with Crippen molar-refractivity contribution in [3.8, 4) is 6.07 Å². The summed E-state index contributed by atoms with van der Waals surface area (Å²) in [5.74, 6) is -0.214. The van der Waals surface area contributed by atoms with E-state index < -0.39 is 0 Å². The number of carbonyl (C=O) groups is 2. The molecule has 0 saturated heterocycles. The van der Waals surface area contributed by atoms with E-state index in [4.69, 9.17) is 0 Å². The van der Waals surface area contributed by atoms with Crippen LogP contribution in [0.3, 0.4) is 0 Å². The predicted octanol–water partition coefficient (Wildman–Crippen LogP) is 3.93. The highest BCUT2D eigenvalue weighted by atomic mass is 32.1. The fraction of sp³-hybridized carbons (Fsp3) is 0.190. The van der Waals surface area contributed by atoms with Crippen molar-refractivity contribution in [3.05, 3.63) is 64.0 Å². The monoisotopic (exact) mass is 375 g/mol. The van der Waals surface area contributed by atoms with Crippen LogP contribution in [0, 0.1) is 11.3 Å². The second-order valence-electron chi connectivity index (χ2n) is 6.53. The molecule has 1 N–H and O–H groups in total. The zero-order valence-electron chi connectivity index (χ0n) is 14.8. The lowest BCUT2D eigenvalue weighted by atomic mass is 10.0. The van der Waals surface area contributed by atoms with E-state index in [0.29, 0.717) is 35.6 Å². The number of amides is 2. The third-order valence-electron chi connectivity index (χ3n) is 4.85. The Morgan fingerprint density at radius 2 is 1.96 bits per heavy atom. The number of nitriles is 1. The van der Waals surface area contributed by atoms with Crippen molar-refractivity contribution in [2.45, 2.75) is 19.9 Å². The molecule has 4 rings (SSSR count). The first kappa shape index (κ1) is 17.3. The Kier molecular flexibility index (Phi) is 4.38. The van der Waals surface area contributed by atoms with E-state index in [1.165, 1.54) is 11.3 Å². The van der Waals surface area contributed by atoms with Crippen LogP contribution in [0.25, 0.3) is 10.8 Å². The number of hydrogen-bond acceptors (Lipinski definition) is 4. The minimum atomic E-state index is -0.237. The summed E-state index contributed by atoms with van der Waals surface area (Å²) in [6.07, 6.45) is 0.639. The number of anilines is 1. The molecule has 0 spiro atoms. The quantitative estimate of drug-likeness (QED) is 0.737. The maximum absolute atomic E-state index is 12.7. The van der Waals surface area contributed by atoms with Gasteiger partial charge in [0.05, 0.1) is 12.1 Å². The molecule has 1 aromatic heterocycles. The van der Waals surface area contributed by atoms with Crippen LogP contribution in [-0.4, -0.2) is 23.3 Å². The van der Waals surface area contributed by atoms with E-state index in [1.807, 2.05) is 36.4 Å². The Balaban J connectivity index is 1.63. The first-order valence-corrected chi connectivity index (χ1v) is 9.49. The first-order valence-electron chi connectivity index (χ1n) is 8.67. The van der Waals surface area contributed by atoms with Gasteiger partial charge in [0.2, 0.25) is 5.91 Å². The van der Waals surface area contributed by atoms with Crippen molar-refractivity contribution in [3.63, 3.8) is 0 Å². The van der Waals surface area contributed by atoms with E-state index >= 15 is 0 Å². The van der Waals surface area contributed by atoms with E-state index in [0.717, 1.165) is 21.2 Å². The summed E-state index contributed by atoms with van der Waals surface area (Å²) >= 11 is 1.39. The summed E-state index contributed by atoms with van der Waals surface area (Å²) in [5.41, 5.74) is 2.02. The van der Waals surface area contributed by atoms with Gasteiger partial charge in [0.1, 0.15) is 11.1 Å². The second kappa shape index (κ2) is 6.86. The number of thiophene rings is 1. The van der Waals surface area contributed by atoms with Crippen molar-refractivity contribution in [1.29, 1.82) is 5.26 Å². The Labute approximate surface area is 160 Å². The van der Waals surface area contributed by atoms with Crippen LogP contribution in [0.1, 0.15) is 33.3 Å². The van der Waals surface area contributed by atoms with Crippen LogP contribution >= 0.6 is 11.3 Å². The summed E-state index contributed by atoms with van der Waals surface area (Å²) in [5, 5.41) is 15.1. The number of fused-ring (bicyclic) bond motifs is 2. The molecule has 27 heavy (non-hydrogen) atoms. The predicted molar refractivity (Wildman–Crippen MR) is 106 cm³/mol. The van der Waals surface area contributed by atoms with Gasteiger partial charge in [-0.2, -0.15) is 5.26 Å². The molecule has 0 radical (unpaired) electrons. The Morgan fingerprint density at radius 1 is 1.19 bits per heavy atom. The van der Waals surface area contributed by atoms with Gasteiger partial charge in [0.15, 0.2) is 0 Å². The molecule has 3 aromatic rings. The summed E-state index contributed by atoms with van der Waals surface area (Å²) in [6, 6.07) is 15.6. The highest BCUT2D eigenvalue weighted by Crippen LogP contribution is 2.37. The maximum Gasteiger partial charge on any atom is 0.256 e. The first-order chi connectivity index (χ1) is 13.1. The average molecular weight is 375 g/mol. The van der Waals surface area contributed by atoms with Gasteiger partial charge in [-0.1, -0.05) is 30.3 Å². The molecule has 0 saturated carbocycles. The van der Waals surface area contributed by atoms with Crippen LogP contribution in [0.5, 0.6) is 0 Å². The smallest absolute Gasteiger partial charge is 0.256 e. The minimum Gasteiger partial charge on any atom is -0.337 e. The summed E-state index contributed by atoms with van der Waals surface area (Å²) in [4.78, 5) is 27.1. The molecule has 2 heterocycles. The van der Waals surface area contributed by atoms with Crippen LogP contribution in [0.15, 0.2) is 42.5 Å². The summed E-state index contributed by atoms with van der Waals surface area (Å²) in [7, 11) is 0. The molecular formula is C21H17N3O2S. The third-order valence-corrected chi connectivity index (χ3v) is 5.98. The molecule has 0 atom stereocenters. The van der Waals surface area contributed by atoms with Crippen LogP contribution in [0.2, 0.25) is 0 Å². The van der Waals surface area contributed by atoms with E-state index in [2.05, 4.69) is 11.4 Å². The summed E-state index contributed by atoms with van der Waals surface area (Å²) in [6.45, 7) is 2.65. The lowest BCUT2D eigenvalue weighted by Crippen LogP contribution is -2.33. The topological polar surface area (TPSA) is 73.2 Å². The number of benzene rings is 2. The zero-order chi connectivity index (χ0) is 19.0. The van der Waals surface area contributed by atoms with E-state index in [1.54, 1.807) is 17.9 Å². The normalized spacial score (nSPS) is 13.1.